The zero-order valence-electron chi connectivity index (χ0n) is 13.3. The Hall–Kier alpha value is -2.33. The zero-order chi connectivity index (χ0) is 16.9. The SMILES string of the molecule is C[C@H](NC(=O)COc1ccc2ccccc2c1Br)c1ccccc1. The third kappa shape index (κ3) is 3.77. The Morgan fingerprint density at radius 3 is 2.54 bits per heavy atom. The van der Waals surface area contributed by atoms with Crippen LogP contribution in [-0.4, -0.2) is 12.5 Å². The summed E-state index contributed by atoms with van der Waals surface area (Å²) in [4.78, 5) is 12.1. The number of fused-ring (bicyclic) bond motifs is 1. The molecule has 0 saturated heterocycles. The van der Waals surface area contributed by atoms with Gasteiger partial charge in [0.05, 0.1) is 10.5 Å². The van der Waals surface area contributed by atoms with Crippen molar-refractivity contribution in [3.63, 3.8) is 0 Å². The van der Waals surface area contributed by atoms with Gasteiger partial charge in [0, 0.05) is 0 Å². The fourth-order valence-corrected chi connectivity index (χ4v) is 3.18. The Labute approximate surface area is 149 Å². The van der Waals surface area contributed by atoms with Crippen LogP contribution in [0.4, 0.5) is 0 Å². The minimum absolute atomic E-state index is 0.0197. The lowest BCUT2D eigenvalue weighted by Gasteiger charge is -2.15. The molecule has 0 fully saturated rings. The number of benzene rings is 3. The van der Waals surface area contributed by atoms with Gasteiger partial charge >= 0.3 is 0 Å². The van der Waals surface area contributed by atoms with E-state index in [1.807, 2.05) is 73.7 Å². The van der Waals surface area contributed by atoms with Gasteiger partial charge in [0.1, 0.15) is 5.75 Å². The molecule has 3 aromatic carbocycles. The summed E-state index contributed by atoms with van der Waals surface area (Å²) in [5.74, 6) is 0.516. The highest BCUT2D eigenvalue weighted by Gasteiger charge is 2.11. The molecule has 3 nitrogen and oxygen atoms in total. The Bertz CT molecular complexity index is 849. The van der Waals surface area contributed by atoms with Crippen molar-refractivity contribution in [1.29, 1.82) is 0 Å². The van der Waals surface area contributed by atoms with Gasteiger partial charge in [-0.25, -0.2) is 0 Å². The van der Waals surface area contributed by atoms with Crippen LogP contribution in [-0.2, 0) is 4.79 Å². The van der Waals surface area contributed by atoms with E-state index in [-0.39, 0.29) is 18.6 Å². The van der Waals surface area contributed by atoms with E-state index in [0.29, 0.717) is 5.75 Å². The molecule has 0 heterocycles. The molecule has 0 unspecified atom stereocenters. The molecule has 3 rings (SSSR count). The summed E-state index contributed by atoms with van der Waals surface area (Å²) >= 11 is 3.56. The summed E-state index contributed by atoms with van der Waals surface area (Å²) in [7, 11) is 0. The molecule has 0 saturated carbocycles. The van der Waals surface area contributed by atoms with Crippen molar-refractivity contribution < 1.29 is 9.53 Å². The first-order valence-electron chi connectivity index (χ1n) is 7.79. The van der Waals surface area contributed by atoms with E-state index in [0.717, 1.165) is 20.8 Å². The molecular weight excluding hydrogens is 366 g/mol. The maximum Gasteiger partial charge on any atom is 0.258 e. The second-order valence-electron chi connectivity index (χ2n) is 5.59. The number of nitrogens with one attached hydrogen (secondary N) is 1. The summed E-state index contributed by atoms with van der Waals surface area (Å²) < 4.78 is 6.55. The highest BCUT2D eigenvalue weighted by Crippen LogP contribution is 2.32. The molecule has 4 heteroatoms. The second-order valence-corrected chi connectivity index (χ2v) is 6.38. The van der Waals surface area contributed by atoms with E-state index in [4.69, 9.17) is 4.74 Å². The lowest BCUT2D eigenvalue weighted by atomic mass is 10.1. The summed E-state index contributed by atoms with van der Waals surface area (Å²) in [6.45, 7) is 1.94. The van der Waals surface area contributed by atoms with Crippen molar-refractivity contribution >= 4 is 32.6 Å². The number of amides is 1. The van der Waals surface area contributed by atoms with Crippen LogP contribution in [0.15, 0.2) is 71.2 Å². The smallest absolute Gasteiger partial charge is 0.258 e. The van der Waals surface area contributed by atoms with E-state index >= 15 is 0 Å². The largest absolute Gasteiger partial charge is 0.483 e. The Morgan fingerprint density at radius 2 is 1.75 bits per heavy atom. The van der Waals surface area contributed by atoms with E-state index in [1.54, 1.807) is 0 Å². The quantitative estimate of drug-likeness (QED) is 0.683. The molecule has 1 amide bonds. The lowest BCUT2D eigenvalue weighted by Crippen LogP contribution is -2.31. The summed E-state index contributed by atoms with van der Waals surface area (Å²) in [6.07, 6.45) is 0. The van der Waals surface area contributed by atoms with E-state index in [2.05, 4.69) is 21.2 Å². The summed E-state index contributed by atoms with van der Waals surface area (Å²) in [6, 6.07) is 21.7. The van der Waals surface area contributed by atoms with Crippen molar-refractivity contribution in [2.45, 2.75) is 13.0 Å². The maximum atomic E-state index is 12.1. The molecule has 1 atom stereocenters. The average molecular weight is 384 g/mol. The normalized spacial score (nSPS) is 11.9. The highest BCUT2D eigenvalue weighted by atomic mass is 79.9. The maximum absolute atomic E-state index is 12.1. The number of carbonyl (C=O) groups is 1. The zero-order valence-corrected chi connectivity index (χ0v) is 14.9. The van der Waals surface area contributed by atoms with Gasteiger partial charge in [-0.2, -0.15) is 0 Å². The fourth-order valence-electron chi connectivity index (χ4n) is 2.58. The number of hydrogen-bond acceptors (Lipinski definition) is 2. The van der Waals surface area contributed by atoms with Gasteiger partial charge in [0.15, 0.2) is 6.61 Å². The van der Waals surface area contributed by atoms with Crippen LogP contribution in [0.25, 0.3) is 10.8 Å². The molecule has 0 spiro atoms. The summed E-state index contributed by atoms with van der Waals surface area (Å²) in [5, 5.41) is 5.13. The average Bonchev–Trinajstić information content (AvgIpc) is 2.62. The van der Waals surface area contributed by atoms with Crippen LogP contribution in [0, 0.1) is 0 Å². The van der Waals surface area contributed by atoms with Crippen LogP contribution in [0.1, 0.15) is 18.5 Å². The minimum atomic E-state index is -0.147. The second kappa shape index (κ2) is 7.49. The standard InChI is InChI=1S/C20H18BrNO2/c1-14(15-7-3-2-4-8-15)22-19(23)13-24-18-12-11-16-9-5-6-10-17(16)20(18)21/h2-12,14H,13H2,1H3,(H,22,23)/t14-/m0/s1. The predicted molar refractivity (Wildman–Crippen MR) is 100 cm³/mol. The topological polar surface area (TPSA) is 38.3 Å². The first kappa shape index (κ1) is 16.5. The van der Waals surface area contributed by atoms with Crippen LogP contribution in [0.3, 0.4) is 0 Å². The monoisotopic (exact) mass is 383 g/mol. The van der Waals surface area contributed by atoms with Crippen molar-refractivity contribution in [3.8, 4) is 5.75 Å². The third-order valence-electron chi connectivity index (χ3n) is 3.86. The van der Waals surface area contributed by atoms with Gasteiger partial charge in [0.2, 0.25) is 0 Å². The molecule has 1 N–H and O–H groups in total. The first-order chi connectivity index (χ1) is 11.6. The molecule has 0 radical (unpaired) electrons. The number of carbonyl (C=O) groups excluding carboxylic acids is 1. The highest BCUT2D eigenvalue weighted by molar-refractivity contribution is 9.10. The Balaban J connectivity index is 1.63. The number of halogens is 1. The minimum Gasteiger partial charge on any atom is -0.483 e. The Morgan fingerprint density at radius 1 is 1.04 bits per heavy atom. The van der Waals surface area contributed by atoms with E-state index in [1.165, 1.54) is 0 Å². The first-order valence-corrected chi connectivity index (χ1v) is 8.59. The number of hydrogen-bond donors (Lipinski definition) is 1. The molecule has 24 heavy (non-hydrogen) atoms. The van der Waals surface area contributed by atoms with Crippen LogP contribution in [0.2, 0.25) is 0 Å². The van der Waals surface area contributed by atoms with Crippen molar-refractivity contribution in [3.05, 3.63) is 76.8 Å². The van der Waals surface area contributed by atoms with Gasteiger partial charge in [-0.05, 0) is 45.3 Å². The molecule has 0 aliphatic heterocycles. The van der Waals surface area contributed by atoms with Gasteiger partial charge in [-0.1, -0.05) is 60.7 Å². The molecule has 0 aromatic heterocycles. The van der Waals surface area contributed by atoms with Gasteiger partial charge < -0.3 is 10.1 Å². The Kier molecular flexibility index (Phi) is 5.16. The number of ether oxygens (including phenoxy) is 1. The van der Waals surface area contributed by atoms with Crippen molar-refractivity contribution in [2.75, 3.05) is 6.61 Å². The van der Waals surface area contributed by atoms with Crippen LogP contribution in [0.5, 0.6) is 5.75 Å². The lowest BCUT2D eigenvalue weighted by molar-refractivity contribution is -0.123. The molecule has 0 aliphatic rings. The van der Waals surface area contributed by atoms with Crippen molar-refractivity contribution in [1.82, 2.24) is 5.32 Å². The van der Waals surface area contributed by atoms with Crippen LogP contribution < -0.4 is 10.1 Å². The van der Waals surface area contributed by atoms with E-state index in [9.17, 15) is 4.79 Å². The van der Waals surface area contributed by atoms with Crippen LogP contribution >= 0.6 is 15.9 Å². The van der Waals surface area contributed by atoms with Gasteiger partial charge in [0.25, 0.3) is 5.91 Å². The fraction of sp³-hybridized carbons (Fsp3) is 0.150. The molecule has 122 valence electrons. The molecule has 0 aliphatic carbocycles. The molecular formula is C20H18BrNO2. The van der Waals surface area contributed by atoms with Gasteiger partial charge in [-0.15, -0.1) is 0 Å². The van der Waals surface area contributed by atoms with Crippen molar-refractivity contribution in [2.24, 2.45) is 0 Å². The van der Waals surface area contributed by atoms with Gasteiger partial charge in [-0.3, -0.25) is 4.79 Å². The predicted octanol–water partition coefficient (Wildman–Crippen LogP) is 4.86. The molecule has 0 bridgehead atoms. The summed E-state index contributed by atoms with van der Waals surface area (Å²) in [5.41, 5.74) is 1.07. The molecule has 3 aromatic rings. The van der Waals surface area contributed by atoms with E-state index < -0.39 is 0 Å². The third-order valence-corrected chi connectivity index (χ3v) is 4.68. The number of rotatable bonds is 5.